The quantitative estimate of drug-likeness (QED) is 0.795. The number of carbonyl (C=O) groups is 1. The number of benzene rings is 2. The number of rotatable bonds is 6. The molecule has 0 bridgehead atoms. The van der Waals surface area contributed by atoms with Gasteiger partial charge in [0.1, 0.15) is 0 Å². The highest BCUT2D eigenvalue weighted by atomic mass is 35.5. The molecule has 25 heavy (non-hydrogen) atoms. The second-order valence-electron chi connectivity index (χ2n) is 6.78. The van der Waals surface area contributed by atoms with Gasteiger partial charge in [-0.25, -0.2) is 0 Å². The summed E-state index contributed by atoms with van der Waals surface area (Å²) in [5.41, 5.74) is 3.37. The van der Waals surface area contributed by atoms with E-state index in [2.05, 4.69) is 22.8 Å². The van der Waals surface area contributed by atoms with Crippen LogP contribution in [0.1, 0.15) is 37.8 Å². The average Bonchev–Trinajstić information content (AvgIpc) is 3.14. The fourth-order valence-electron chi connectivity index (χ4n) is 3.45. The summed E-state index contributed by atoms with van der Waals surface area (Å²) >= 11 is 6.00. The van der Waals surface area contributed by atoms with E-state index in [1.807, 2.05) is 43.3 Å². The maximum atomic E-state index is 12.3. The maximum Gasteiger partial charge on any atom is 0.220 e. The number of hydrogen-bond acceptors (Lipinski definition) is 2. The standard InChI is InChI=1S/C21H25ClN2O/c1-15(24-21(25)11-6-16-12-13-23-14-16)19-4-2-3-5-20(19)17-7-9-18(22)10-8-17/h2-5,7-10,15-16,23H,6,11-14H2,1H3,(H,24,25). The van der Waals surface area contributed by atoms with Crippen molar-refractivity contribution in [3.8, 4) is 11.1 Å². The lowest BCUT2D eigenvalue weighted by Gasteiger charge is -2.19. The van der Waals surface area contributed by atoms with Gasteiger partial charge in [0.25, 0.3) is 0 Å². The topological polar surface area (TPSA) is 41.1 Å². The molecule has 0 saturated carbocycles. The summed E-state index contributed by atoms with van der Waals surface area (Å²) in [5.74, 6) is 0.771. The molecular weight excluding hydrogens is 332 g/mol. The van der Waals surface area contributed by atoms with Crippen molar-refractivity contribution in [3.63, 3.8) is 0 Å². The van der Waals surface area contributed by atoms with Gasteiger partial charge in [-0.1, -0.05) is 48.0 Å². The Morgan fingerprint density at radius 1 is 1.24 bits per heavy atom. The summed E-state index contributed by atoms with van der Waals surface area (Å²) in [4.78, 5) is 12.3. The molecule has 3 nitrogen and oxygen atoms in total. The van der Waals surface area contributed by atoms with Crippen molar-refractivity contribution >= 4 is 17.5 Å². The van der Waals surface area contributed by atoms with Gasteiger partial charge < -0.3 is 10.6 Å². The van der Waals surface area contributed by atoms with E-state index in [0.717, 1.165) is 41.2 Å². The zero-order valence-electron chi connectivity index (χ0n) is 14.6. The number of amides is 1. The first-order valence-corrected chi connectivity index (χ1v) is 9.36. The Bertz CT molecular complexity index is 708. The van der Waals surface area contributed by atoms with Gasteiger partial charge in [-0.05, 0) is 67.6 Å². The van der Waals surface area contributed by atoms with Gasteiger partial charge in [0.05, 0.1) is 6.04 Å². The van der Waals surface area contributed by atoms with Crippen LogP contribution in [0.15, 0.2) is 48.5 Å². The maximum absolute atomic E-state index is 12.3. The molecule has 2 aromatic carbocycles. The minimum Gasteiger partial charge on any atom is -0.350 e. The van der Waals surface area contributed by atoms with Crippen LogP contribution >= 0.6 is 11.6 Å². The Morgan fingerprint density at radius 3 is 2.72 bits per heavy atom. The molecule has 3 rings (SSSR count). The summed E-state index contributed by atoms with van der Waals surface area (Å²) in [6.45, 7) is 4.17. The first-order valence-electron chi connectivity index (χ1n) is 8.98. The van der Waals surface area contributed by atoms with Gasteiger partial charge in [-0.3, -0.25) is 4.79 Å². The highest BCUT2D eigenvalue weighted by molar-refractivity contribution is 6.30. The Morgan fingerprint density at radius 2 is 2.00 bits per heavy atom. The Balaban J connectivity index is 1.66. The van der Waals surface area contributed by atoms with Crippen LogP contribution in [0.25, 0.3) is 11.1 Å². The molecule has 132 valence electrons. The van der Waals surface area contributed by atoms with Gasteiger partial charge in [-0.2, -0.15) is 0 Å². The third-order valence-corrected chi connectivity index (χ3v) is 5.15. The number of halogens is 1. The van der Waals surface area contributed by atoms with E-state index < -0.39 is 0 Å². The van der Waals surface area contributed by atoms with Crippen molar-refractivity contribution in [2.75, 3.05) is 13.1 Å². The van der Waals surface area contributed by atoms with Crippen molar-refractivity contribution in [2.24, 2.45) is 5.92 Å². The first kappa shape index (κ1) is 18.0. The van der Waals surface area contributed by atoms with E-state index >= 15 is 0 Å². The lowest BCUT2D eigenvalue weighted by atomic mass is 9.95. The van der Waals surface area contributed by atoms with Gasteiger partial charge in [0.15, 0.2) is 0 Å². The molecule has 1 aliphatic heterocycles. The molecule has 0 spiro atoms. The summed E-state index contributed by atoms with van der Waals surface area (Å²) < 4.78 is 0. The summed E-state index contributed by atoms with van der Waals surface area (Å²) in [6.07, 6.45) is 2.74. The lowest BCUT2D eigenvalue weighted by molar-refractivity contribution is -0.122. The van der Waals surface area contributed by atoms with Crippen molar-refractivity contribution in [1.29, 1.82) is 0 Å². The highest BCUT2D eigenvalue weighted by Crippen LogP contribution is 2.29. The zero-order chi connectivity index (χ0) is 17.6. The van der Waals surface area contributed by atoms with Gasteiger partial charge in [0.2, 0.25) is 5.91 Å². The van der Waals surface area contributed by atoms with E-state index in [1.54, 1.807) is 0 Å². The molecule has 0 radical (unpaired) electrons. The molecule has 1 fully saturated rings. The molecular formula is C21H25ClN2O. The van der Waals surface area contributed by atoms with Gasteiger partial charge in [0, 0.05) is 11.4 Å². The minimum atomic E-state index is -0.0268. The molecule has 0 aromatic heterocycles. The van der Waals surface area contributed by atoms with Crippen LogP contribution in [-0.2, 0) is 4.79 Å². The fraction of sp³-hybridized carbons (Fsp3) is 0.381. The van der Waals surface area contributed by atoms with Crippen molar-refractivity contribution < 1.29 is 4.79 Å². The van der Waals surface area contributed by atoms with E-state index in [-0.39, 0.29) is 11.9 Å². The molecule has 2 N–H and O–H groups in total. The molecule has 2 aromatic rings. The van der Waals surface area contributed by atoms with E-state index in [4.69, 9.17) is 11.6 Å². The molecule has 0 aliphatic carbocycles. The second-order valence-corrected chi connectivity index (χ2v) is 7.22. The van der Waals surface area contributed by atoms with Crippen LogP contribution in [0.4, 0.5) is 0 Å². The molecule has 4 heteroatoms. The number of nitrogens with one attached hydrogen (secondary N) is 2. The van der Waals surface area contributed by atoms with Crippen LogP contribution in [0.5, 0.6) is 0 Å². The summed E-state index contributed by atoms with van der Waals surface area (Å²) in [6, 6.07) is 16.0. The number of hydrogen-bond donors (Lipinski definition) is 2. The normalized spacial score (nSPS) is 18.1. The molecule has 2 unspecified atom stereocenters. The van der Waals surface area contributed by atoms with Gasteiger partial charge >= 0.3 is 0 Å². The van der Waals surface area contributed by atoms with E-state index in [0.29, 0.717) is 12.3 Å². The second kappa shape index (κ2) is 8.50. The van der Waals surface area contributed by atoms with E-state index in [9.17, 15) is 4.79 Å². The predicted octanol–water partition coefficient (Wildman–Crippen LogP) is 4.57. The Hall–Kier alpha value is -1.84. The van der Waals surface area contributed by atoms with Crippen molar-refractivity contribution in [2.45, 2.75) is 32.2 Å². The van der Waals surface area contributed by atoms with E-state index in [1.165, 1.54) is 6.42 Å². The third kappa shape index (κ3) is 4.83. The van der Waals surface area contributed by atoms with Crippen molar-refractivity contribution in [3.05, 3.63) is 59.1 Å². The first-order chi connectivity index (χ1) is 12.1. The van der Waals surface area contributed by atoms with Crippen LogP contribution in [-0.4, -0.2) is 19.0 Å². The third-order valence-electron chi connectivity index (χ3n) is 4.90. The highest BCUT2D eigenvalue weighted by Gasteiger charge is 2.18. The fourth-order valence-corrected chi connectivity index (χ4v) is 3.58. The minimum absolute atomic E-state index is 0.0268. The molecule has 1 aliphatic rings. The molecule has 1 amide bonds. The monoisotopic (exact) mass is 356 g/mol. The number of carbonyl (C=O) groups excluding carboxylic acids is 1. The van der Waals surface area contributed by atoms with Crippen molar-refractivity contribution in [1.82, 2.24) is 10.6 Å². The lowest BCUT2D eigenvalue weighted by Crippen LogP contribution is -2.27. The summed E-state index contributed by atoms with van der Waals surface area (Å²) in [5, 5.41) is 7.23. The smallest absolute Gasteiger partial charge is 0.220 e. The van der Waals surface area contributed by atoms with Crippen LogP contribution < -0.4 is 10.6 Å². The zero-order valence-corrected chi connectivity index (χ0v) is 15.4. The molecule has 2 atom stereocenters. The SMILES string of the molecule is CC(NC(=O)CCC1CCNC1)c1ccccc1-c1ccc(Cl)cc1. The van der Waals surface area contributed by atoms with Gasteiger partial charge in [-0.15, -0.1) is 0 Å². The Kier molecular flexibility index (Phi) is 6.11. The summed E-state index contributed by atoms with van der Waals surface area (Å²) in [7, 11) is 0. The average molecular weight is 357 g/mol. The molecule has 1 saturated heterocycles. The van der Waals surface area contributed by atoms with Crippen LogP contribution in [0.3, 0.4) is 0 Å². The molecule has 1 heterocycles. The predicted molar refractivity (Wildman–Crippen MR) is 104 cm³/mol. The Labute approximate surface area is 154 Å². The van der Waals surface area contributed by atoms with Crippen LogP contribution in [0.2, 0.25) is 5.02 Å². The van der Waals surface area contributed by atoms with Crippen LogP contribution in [0, 0.1) is 5.92 Å². The largest absolute Gasteiger partial charge is 0.350 e.